The molecular formula is C12H15N3O2. The number of hydrogen-bond donors (Lipinski definition) is 1. The van der Waals surface area contributed by atoms with Gasteiger partial charge in [-0.25, -0.2) is 0 Å². The van der Waals surface area contributed by atoms with Gasteiger partial charge in [-0.15, -0.1) is 0 Å². The number of nitrogen functional groups attached to an aromatic ring is 1. The summed E-state index contributed by atoms with van der Waals surface area (Å²) in [4.78, 5) is 4.30. The summed E-state index contributed by atoms with van der Waals surface area (Å²) >= 11 is 0. The third-order valence-electron chi connectivity index (χ3n) is 2.35. The highest BCUT2D eigenvalue weighted by molar-refractivity contribution is 5.59. The van der Waals surface area contributed by atoms with Crippen molar-refractivity contribution in [2.24, 2.45) is 0 Å². The second-order valence-electron chi connectivity index (χ2n) is 3.74. The third-order valence-corrected chi connectivity index (χ3v) is 2.35. The van der Waals surface area contributed by atoms with Crippen molar-refractivity contribution in [1.29, 1.82) is 0 Å². The number of rotatable bonds is 5. The van der Waals surface area contributed by atoms with E-state index in [4.69, 9.17) is 15.0 Å². The van der Waals surface area contributed by atoms with Gasteiger partial charge in [-0.1, -0.05) is 11.2 Å². The van der Waals surface area contributed by atoms with Gasteiger partial charge in [0.2, 0.25) is 0 Å². The minimum Gasteiger partial charge on any atom is -0.399 e. The summed E-state index contributed by atoms with van der Waals surface area (Å²) in [6, 6.07) is 7.38. The molecule has 5 heteroatoms. The molecule has 0 aliphatic rings. The number of hydrogen-bond acceptors (Lipinski definition) is 5. The number of ether oxygens (including phenoxy) is 1. The molecule has 2 rings (SSSR count). The van der Waals surface area contributed by atoms with E-state index in [1.165, 1.54) is 0 Å². The van der Waals surface area contributed by atoms with Crippen molar-refractivity contribution in [3.8, 4) is 11.5 Å². The highest BCUT2D eigenvalue weighted by Gasteiger charge is 2.08. The first-order valence-electron chi connectivity index (χ1n) is 5.47. The van der Waals surface area contributed by atoms with E-state index in [2.05, 4.69) is 10.1 Å². The first kappa shape index (κ1) is 11.6. The first-order chi connectivity index (χ1) is 8.29. The lowest BCUT2D eigenvalue weighted by molar-refractivity contribution is 0.194. The van der Waals surface area contributed by atoms with E-state index < -0.39 is 0 Å². The van der Waals surface area contributed by atoms with Crippen molar-refractivity contribution in [3.05, 3.63) is 30.1 Å². The molecule has 17 heavy (non-hydrogen) atoms. The van der Waals surface area contributed by atoms with E-state index in [0.717, 1.165) is 18.4 Å². The van der Waals surface area contributed by atoms with Gasteiger partial charge in [0.1, 0.15) is 0 Å². The fraction of sp³-hybridized carbons (Fsp3) is 0.333. The highest BCUT2D eigenvalue weighted by Crippen LogP contribution is 2.19. The monoisotopic (exact) mass is 233 g/mol. The molecular weight excluding hydrogens is 218 g/mol. The van der Waals surface area contributed by atoms with E-state index >= 15 is 0 Å². The lowest BCUT2D eigenvalue weighted by Crippen LogP contribution is -1.94. The molecule has 0 atom stereocenters. The molecule has 0 spiro atoms. The van der Waals surface area contributed by atoms with Gasteiger partial charge in [0.05, 0.1) is 0 Å². The molecule has 0 aliphatic heterocycles. The topological polar surface area (TPSA) is 74.2 Å². The molecule has 0 saturated carbocycles. The molecule has 0 saturated heterocycles. The highest BCUT2D eigenvalue weighted by atomic mass is 16.5. The lowest BCUT2D eigenvalue weighted by atomic mass is 10.2. The molecule has 2 aromatic rings. The summed E-state index contributed by atoms with van der Waals surface area (Å²) < 4.78 is 10.1. The zero-order valence-corrected chi connectivity index (χ0v) is 9.72. The zero-order chi connectivity index (χ0) is 12.1. The van der Waals surface area contributed by atoms with Crippen molar-refractivity contribution >= 4 is 5.69 Å². The maximum Gasteiger partial charge on any atom is 0.257 e. The van der Waals surface area contributed by atoms with Crippen LogP contribution in [-0.2, 0) is 11.2 Å². The predicted octanol–water partition coefficient (Wildman–Crippen LogP) is 1.90. The average molecular weight is 233 g/mol. The molecule has 90 valence electrons. The van der Waals surface area contributed by atoms with Crippen molar-refractivity contribution in [1.82, 2.24) is 10.1 Å². The standard InChI is InChI=1S/C12H15N3O2/c1-16-7-3-6-11-14-12(17-15-11)9-4-2-5-10(13)8-9/h2,4-5,8H,3,6-7,13H2,1H3. The second-order valence-corrected chi connectivity index (χ2v) is 3.74. The number of aryl methyl sites for hydroxylation is 1. The van der Waals surface area contributed by atoms with Gasteiger partial charge < -0.3 is 15.0 Å². The molecule has 1 aromatic carbocycles. The molecule has 1 heterocycles. The summed E-state index contributed by atoms with van der Waals surface area (Å²) in [5, 5.41) is 3.91. The first-order valence-corrected chi connectivity index (χ1v) is 5.47. The minimum atomic E-state index is 0.504. The maximum atomic E-state index is 5.69. The van der Waals surface area contributed by atoms with Crippen LogP contribution in [0, 0.1) is 0 Å². The van der Waals surface area contributed by atoms with Gasteiger partial charge in [0, 0.05) is 31.4 Å². The Bertz CT molecular complexity index is 482. The van der Waals surface area contributed by atoms with Crippen LogP contribution in [0.2, 0.25) is 0 Å². The summed E-state index contributed by atoms with van der Waals surface area (Å²) in [6.45, 7) is 0.697. The Balaban J connectivity index is 2.07. The third kappa shape index (κ3) is 3.04. The van der Waals surface area contributed by atoms with Gasteiger partial charge >= 0.3 is 0 Å². The lowest BCUT2D eigenvalue weighted by Gasteiger charge is -1.95. The molecule has 0 radical (unpaired) electrons. The number of nitrogens with two attached hydrogens (primary N) is 1. The van der Waals surface area contributed by atoms with E-state index in [1.807, 2.05) is 24.3 Å². The van der Waals surface area contributed by atoms with Crippen LogP contribution in [-0.4, -0.2) is 23.9 Å². The molecule has 5 nitrogen and oxygen atoms in total. The number of aromatic nitrogens is 2. The Morgan fingerprint density at radius 2 is 2.29 bits per heavy atom. The Labute approximate surface area is 99.6 Å². The van der Waals surface area contributed by atoms with Gasteiger partial charge in [-0.3, -0.25) is 0 Å². The quantitative estimate of drug-likeness (QED) is 0.630. The van der Waals surface area contributed by atoms with Gasteiger partial charge in [0.15, 0.2) is 5.82 Å². The number of nitrogens with zero attached hydrogens (tertiary/aromatic N) is 2. The van der Waals surface area contributed by atoms with Crippen LogP contribution >= 0.6 is 0 Å². The van der Waals surface area contributed by atoms with Crippen LogP contribution < -0.4 is 5.73 Å². The van der Waals surface area contributed by atoms with Crippen LogP contribution in [0.1, 0.15) is 12.2 Å². The number of methoxy groups -OCH3 is 1. The Morgan fingerprint density at radius 3 is 3.06 bits per heavy atom. The van der Waals surface area contributed by atoms with Crippen molar-refractivity contribution in [2.45, 2.75) is 12.8 Å². The average Bonchev–Trinajstić information content (AvgIpc) is 2.78. The maximum absolute atomic E-state index is 5.69. The van der Waals surface area contributed by atoms with E-state index in [9.17, 15) is 0 Å². The predicted molar refractivity (Wildman–Crippen MR) is 64.3 cm³/mol. The molecule has 1 aromatic heterocycles. The van der Waals surface area contributed by atoms with Crippen molar-refractivity contribution in [3.63, 3.8) is 0 Å². The van der Waals surface area contributed by atoms with Crippen LogP contribution in [0.4, 0.5) is 5.69 Å². The molecule has 0 aliphatic carbocycles. The van der Waals surface area contributed by atoms with E-state index in [1.54, 1.807) is 7.11 Å². The minimum absolute atomic E-state index is 0.504. The van der Waals surface area contributed by atoms with Crippen molar-refractivity contribution < 1.29 is 9.26 Å². The molecule has 2 N–H and O–H groups in total. The number of anilines is 1. The fourth-order valence-electron chi connectivity index (χ4n) is 1.52. The Hall–Kier alpha value is -1.88. The van der Waals surface area contributed by atoms with Crippen LogP contribution in [0.15, 0.2) is 28.8 Å². The fourth-order valence-corrected chi connectivity index (χ4v) is 1.52. The smallest absolute Gasteiger partial charge is 0.257 e. The van der Waals surface area contributed by atoms with Crippen LogP contribution in [0.5, 0.6) is 0 Å². The van der Waals surface area contributed by atoms with Crippen LogP contribution in [0.3, 0.4) is 0 Å². The Morgan fingerprint density at radius 1 is 1.41 bits per heavy atom. The molecule has 0 unspecified atom stereocenters. The summed E-state index contributed by atoms with van der Waals surface area (Å²) in [5.74, 6) is 1.20. The SMILES string of the molecule is COCCCc1noc(-c2cccc(N)c2)n1. The summed E-state index contributed by atoms with van der Waals surface area (Å²) in [7, 11) is 1.68. The summed E-state index contributed by atoms with van der Waals surface area (Å²) in [6.07, 6.45) is 1.63. The van der Waals surface area contributed by atoms with Gasteiger partial charge in [-0.2, -0.15) is 4.98 Å². The second kappa shape index (κ2) is 5.45. The molecule has 0 bridgehead atoms. The van der Waals surface area contributed by atoms with E-state index in [-0.39, 0.29) is 0 Å². The van der Waals surface area contributed by atoms with Gasteiger partial charge in [0.25, 0.3) is 5.89 Å². The normalized spacial score (nSPS) is 10.6. The zero-order valence-electron chi connectivity index (χ0n) is 9.72. The summed E-state index contributed by atoms with van der Waals surface area (Å²) in [5.41, 5.74) is 7.22. The molecule has 0 fully saturated rings. The van der Waals surface area contributed by atoms with Gasteiger partial charge in [-0.05, 0) is 24.6 Å². The largest absolute Gasteiger partial charge is 0.399 e. The Kier molecular flexibility index (Phi) is 3.72. The number of benzene rings is 1. The van der Waals surface area contributed by atoms with Crippen LogP contribution in [0.25, 0.3) is 11.5 Å². The van der Waals surface area contributed by atoms with Crippen molar-refractivity contribution in [2.75, 3.05) is 19.5 Å². The molecule has 0 amide bonds. The van der Waals surface area contributed by atoms with E-state index in [0.29, 0.717) is 24.0 Å².